The minimum atomic E-state index is -0.450. The lowest BCUT2D eigenvalue weighted by Crippen LogP contribution is -2.28. The van der Waals surface area contributed by atoms with E-state index >= 15 is 0 Å². The molecule has 5 nitrogen and oxygen atoms in total. The van der Waals surface area contributed by atoms with E-state index in [4.69, 9.17) is 9.47 Å². The first-order chi connectivity index (χ1) is 12.8. The van der Waals surface area contributed by atoms with Crippen molar-refractivity contribution < 1.29 is 14.3 Å². The molecule has 142 valence electrons. The quantitative estimate of drug-likeness (QED) is 0.405. The molecule has 5 heteroatoms. The number of para-hydroxylation sites is 1. The van der Waals surface area contributed by atoms with Crippen molar-refractivity contribution in [3.63, 3.8) is 0 Å². The van der Waals surface area contributed by atoms with Crippen LogP contribution in [0.1, 0.15) is 58.3 Å². The van der Waals surface area contributed by atoms with Crippen LogP contribution in [0.4, 0.5) is 4.79 Å². The van der Waals surface area contributed by atoms with Crippen molar-refractivity contribution >= 4 is 17.0 Å². The number of pyridine rings is 1. The van der Waals surface area contributed by atoms with Gasteiger partial charge in [-0.2, -0.15) is 0 Å². The van der Waals surface area contributed by atoms with Crippen LogP contribution >= 0.6 is 0 Å². The van der Waals surface area contributed by atoms with E-state index in [1.165, 1.54) is 38.5 Å². The van der Waals surface area contributed by atoms with Crippen LogP contribution in [0.2, 0.25) is 0 Å². The fraction of sp³-hybridized carbons (Fsp3) is 0.524. The highest BCUT2D eigenvalue weighted by molar-refractivity contribution is 5.78. The smallest absolute Gasteiger partial charge is 0.409 e. The summed E-state index contributed by atoms with van der Waals surface area (Å²) in [6.45, 7) is 2.72. The Bertz CT molecular complexity index is 661. The maximum absolute atomic E-state index is 11.6. The van der Waals surface area contributed by atoms with Gasteiger partial charge in [0, 0.05) is 11.5 Å². The van der Waals surface area contributed by atoms with E-state index in [1.807, 2.05) is 30.3 Å². The minimum Gasteiger partial charge on any atom is -0.456 e. The fourth-order valence-electron chi connectivity index (χ4n) is 2.75. The third-order valence-electron chi connectivity index (χ3n) is 4.24. The van der Waals surface area contributed by atoms with Crippen LogP contribution < -0.4 is 10.1 Å². The number of nitrogens with zero attached hydrogens (tertiary/aromatic N) is 1. The van der Waals surface area contributed by atoms with Crippen LogP contribution in [-0.2, 0) is 4.74 Å². The molecule has 0 saturated heterocycles. The SMILES string of the molecule is CCCCCCCCCCOC(=O)NCOc1ccc2ccccc2n1. The molecule has 2 aromatic rings. The van der Waals surface area contributed by atoms with E-state index in [9.17, 15) is 4.79 Å². The van der Waals surface area contributed by atoms with Gasteiger partial charge < -0.3 is 9.47 Å². The summed E-state index contributed by atoms with van der Waals surface area (Å²) in [5.41, 5.74) is 0.863. The minimum absolute atomic E-state index is 0.0433. The van der Waals surface area contributed by atoms with E-state index in [0.717, 1.165) is 23.7 Å². The molecule has 2 rings (SSSR count). The largest absolute Gasteiger partial charge is 0.456 e. The number of carbonyl (C=O) groups is 1. The van der Waals surface area contributed by atoms with Gasteiger partial charge in [-0.3, -0.25) is 5.32 Å². The Morgan fingerprint density at radius 1 is 0.962 bits per heavy atom. The molecule has 0 aliphatic heterocycles. The first-order valence-corrected chi connectivity index (χ1v) is 9.69. The molecule has 1 aromatic heterocycles. The summed E-state index contributed by atoms with van der Waals surface area (Å²) in [6.07, 6.45) is 9.32. The molecule has 26 heavy (non-hydrogen) atoms. The second kappa shape index (κ2) is 12.1. The van der Waals surface area contributed by atoms with Crippen LogP contribution in [0.5, 0.6) is 5.88 Å². The first-order valence-electron chi connectivity index (χ1n) is 9.69. The number of nitrogens with one attached hydrogen (secondary N) is 1. The third-order valence-corrected chi connectivity index (χ3v) is 4.24. The predicted molar refractivity (Wildman–Crippen MR) is 104 cm³/mol. The highest BCUT2D eigenvalue weighted by atomic mass is 16.6. The van der Waals surface area contributed by atoms with Crippen molar-refractivity contribution in [2.24, 2.45) is 0 Å². The number of alkyl carbamates (subject to hydrolysis) is 1. The zero-order chi connectivity index (χ0) is 18.5. The molecule has 0 aliphatic rings. The standard InChI is InChI=1S/C21H30N2O3/c1-2-3-4-5-6-7-8-11-16-25-21(24)22-17-26-20-15-14-18-12-9-10-13-19(18)23-20/h9-10,12-15H,2-8,11,16-17H2,1H3,(H,22,24). The van der Waals surface area contributed by atoms with Crippen molar-refractivity contribution in [1.82, 2.24) is 10.3 Å². The van der Waals surface area contributed by atoms with E-state index in [1.54, 1.807) is 6.07 Å². The lowest BCUT2D eigenvalue weighted by molar-refractivity contribution is 0.133. The van der Waals surface area contributed by atoms with Crippen LogP contribution in [0.25, 0.3) is 10.9 Å². The number of hydrogen-bond donors (Lipinski definition) is 1. The molecule has 1 heterocycles. The number of ether oxygens (including phenoxy) is 2. The van der Waals surface area contributed by atoms with Crippen molar-refractivity contribution in [2.45, 2.75) is 58.3 Å². The van der Waals surface area contributed by atoms with Gasteiger partial charge in [-0.1, -0.05) is 70.1 Å². The van der Waals surface area contributed by atoms with Crippen LogP contribution in [-0.4, -0.2) is 24.4 Å². The van der Waals surface area contributed by atoms with E-state index in [2.05, 4.69) is 17.2 Å². The summed E-state index contributed by atoms with van der Waals surface area (Å²) in [4.78, 5) is 16.0. The van der Waals surface area contributed by atoms with Gasteiger partial charge in [0.15, 0.2) is 6.73 Å². The molecule has 0 unspecified atom stereocenters. The van der Waals surface area contributed by atoms with Crippen molar-refractivity contribution in [3.8, 4) is 5.88 Å². The van der Waals surface area contributed by atoms with Crippen LogP contribution in [0.3, 0.4) is 0 Å². The third kappa shape index (κ3) is 7.72. The number of unbranched alkanes of at least 4 members (excludes halogenated alkanes) is 7. The van der Waals surface area contributed by atoms with Gasteiger partial charge >= 0.3 is 6.09 Å². The summed E-state index contributed by atoms with van der Waals surface area (Å²) >= 11 is 0. The normalized spacial score (nSPS) is 10.7. The van der Waals surface area contributed by atoms with Gasteiger partial charge in [0.05, 0.1) is 12.1 Å². The molecule has 0 spiro atoms. The van der Waals surface area contributed by atoms with Gasteiger partial charge in [0.1, 0.15) is 0 Å². The molecule has 0 atom stereocenters. The Hall–Kier alpha value is -2.30. The molecule has 0 fully saturated rings. The molecule has 1 amide bonds. The number of amides is 1. The number of fused-ring (bicyclic) bond motifs is 1. The summed E-state index contributed by atoms with van der Waals surface area (Å²) in [5, 5.41) is 3.63. The summed E-state index contributed by atoms with van der Waals surface area (Å²) in [5.74, 6) is 0.479. The summed E-state index contributed by atoms with van der Waals surface area (Å²) in [6, 6.07) is 11.5. The van der Waals surface area contributed by atoms with Gasteiger partial charge in [-0.15, -0.1) is 0 Å². The summed E-state index contributed by atoms with van der Waals surface area (Å²) in [7, 11) is 0. The second-order valence-corrected chi connectivity index (χ2v) is 6.42. The molecule has 0 saturated carbocycles. The molecule has 0 aliphatic carbocycles. The predicted octanol–water partition coefficient (Wildman–Crippen LogP) is 5.44. The van der Waals surface area contributed by atoms with Gasteiger partial charge in [0.2, 0.25) is 5.88 Å². The Labute approximate surface area is 156 Å². The molecule has 0 bridgehead atoms. The molecule has 1 N–H and O–H groups in total. The van der Waals surface area contributed by atoms with Crippen molar-refractivity contribution in [2.75, 3.05) is 13.3 Å². The van der Waals surface area contributed by atoms with Crippen LogP contribution in [0, 0.1) is 0 Å². The maximum Gasteiger partial charge on any atom is 0.409 e. The second-order valence-electron chi connectivity index (χ2n) is 6.42. The molecule has 0 radical (unpaired) electrons. The fourth-order valence-corrected chi connectivity index (χ4v) is 2.75. The zero-order valence-corrected chi connectivity index (χ0v) is 15.7. The summed E-state index contributed by atoms with van der Waals surface area (Å²) < 4.78 is 10.6. The Morgan fingerprint density at radius 3 is 2.50 bits per heavy atom. The Balaban J connectivity index is 1.50. The number of benzene rings is 1. The van der Waals surface area contributed by atoms with E-state index in [-0.39, 0.29) is 6.73 Å². The average Bonchev–Trinajstić information content (AvgIpc) is 2.66. The Kier molecular flexibility index (Phi) is 9.33. The van der Waals surface area contributed by atoms with Gasteiger partial charge in [-0.25, -0.2) is 9.78 Å². The van der Waals surface area contributed by atoms with Crippen LogP contribution in [0.15, 0.2) is 36.4 Å². The van der Waals surface area contributed by atoms with E-state index in [0.29, 0.717) is 12.5 Å². The Morgan fingerprint density at radius 2 is 1.69 bits per heavy atom. The van der Waals surface area contributed by atoms with Gasteiger partial charge in [0.25, 0.3) is 0 Å². The van der Waals surface area contributed by atoms with Crippen molar-refractivity contribution in [1.29, 1.82) is 0 Å². The molecular formula is C21H30N2O3. The zero-order valence-electron chi connectivity index (χ0n) is 15.7. The lowest BCUT2D eigenvalue weighted by Gasteiger charge is -2.09. The van der Waals surface area contributed by atoms with Gasteiger partial charge in [-0.05, 0) is 18.6 Å². The highest BCUT2D eigenvalue weighted by Gasteiger charge is 2.03. The van der Waals surface area contributed by atoms with Crippen molar-refractivity contribution in [3.05, 3.63) is 36.4 Å². The highest BCUT2D eigenvalue weighted by Crippen LogP contribution is 2.15. The topological polar surface area (TPSA) is 60.5 Å². The monoisotopic (exact) mass is 358 g/mol. The number of aromatic nitrogens is 1. The number of hydrogen-bond acceptors (Lipinski definition) is 4. The lowest BCUT2D eigenvalue weighted by atomic mass is 10.1. The maximum atomic E-state index is 11.6. The number of carbonyl (C=O) groups excluding carboxylic acids is 1. The molecular weight excluding hydrogens is 328 g/mol. The van der Waals surface area contributed by atoms with E-state index < -0.39 is 6.09 Å². The molecule has 1 aromatic carbocycles. The average molecular weight is 358 g/mol. The first kappa shape index (κ1) is 20.0. The number of rotatable bonds is 12.